The van der Waals surface area contributed by atoms with E-state index in [-0.39, 0.29) is 0 Å². The van der Waals surface area contributed by atoms with Crippen molar-refractivity contribution in [3.63, 3.8) is 0 Å². The minimum Gasteiger partial charge on any atom is -0.330 e. The molecule has 0 aromatic heterocycles. The summed E-state index contributed by atoms with van der Waals surface area (Å²) in [7, 11) is 0. The molecule has 54 valence electrons. The molecule has 9 heavy (non-hydrogen) atoms. The van der Waals surface area contributed by atoms with Crippen LogP contribution in [0, 0.1) is 11.8 Å². The Balaban J connectivity index is 2.12. The van der Waals surface area contributed by atoms with Crippen LogP contribution < -0.4 is 5.73 Å². The second-order valence-electron chi connectivity index (χ2n) is 3.08. The number of hydrogen-bond donors (Lipinski definition) is 1. The van der Waals surface area contributed by atoms with E-state index in [2.05, 4.69) is 6.92 Å². The van der Waals surface area contributed by atoms with Crippen LogP contribution >= 0.6 is 0 Å². The van der Waals surface area contributed by atoms with E-state index in [1.54, 1.807) is 0 Å². The predicted octanol–water partition coefficient (Wildman–Crippen LogP) is 1.77. The van der Waals surface area contributed by atoms with Gasteiger partial charge in [0.15, 0.2) is 0 Å². The first kappa shape index (κ1) is 7.07. The van der Waals surface area contributed by atoms with E-state index < -0.39 is 0 Å². The highest BCUT2D eigenvalue weighted by atomic mass is 14.5. The molecule has 1 saturated carbocycles. The highest BCUT2D eigenvalue weighted by Crippen LogP contribution is 2.39. The third-order valence-electron chi connectivity index (χ3n) is 2.35. The first-order valence-corrected chi connectivity index (χ1v) is 4.08. The predicted molar refractivity (Wildman–Crippen MR) is 40.2 cm³/mol. The van der Waals surface area contributed by atoms with E-state index in [1.165, 1.54) is 25.7 Å². The smallest absolute Gasteiger partial charge is 0.00745 e. The van der Waals surface area contributed by atoms with Gasteiger partial charge in [0.05, 0.1) is 0 Å². The molecule has 0 bridgehead atoms. The molecule has 1 fully saturated rings. The fourth-order valence-corrected chi connectivity index (χ4v) is 1.55. The summed E-state index contributed by atoms with van der Waals surface area (Å²) in [5, 5.41) is 0. The summed E-state index contributed by atoms with van der Waals surface area (Å²) in [6.45, 7) is 3.16. The van der Waals surface area contributed by atoms with Gasteiger partial charge in [0, 0.05) is 0 Å². The van der Waals surface area contributed by atoms with Crippen LogP contribution in [0.4, 0.5) is 0 Å². The van der Waals surface area contributed by atoms with Gasteiger partial charge in [0.25, 0.3) is 0 Å². The second kappa shape index (κ2) is 3.21. The SMILES string of the molecule is CCC(CCN)C1CC1. The fraction of sp³-hybridized carbons (Fsp3) is 1.00. The normalized spacial score (nSPS) is 22.0. The van der Waals surface area contributed by atoms with Gasteiger partial charge in [-0.1, -0.05) is 13.3 Å². The molecule has 1 aliphatic rings. The molecular formula is C8H17N. The first-order valence-electron chi connectivity index (χ1n) is 4.08. The van der Waals surface area contributed by atoms with Crippen LogP contribution in [0.1, 0.15) is 32.6 Å². The van der Waals surface area contributed by atoms with Gasteiger partial charge < -0.3 is 5.73 Å². The van der Waals surface area contributed by atoms with Gasteiger partial charge in [-0.2, -0.15) is 0 Å². The number of rotatable bonds is 4. The van der Waals surface area contributed by atoms with Crippen LogP contribution in [0.5, 0.6) is 0 Å². The second-order valence-corrected chi connectivity index (χ2v) is 3.08. The summed E-state index contributed by atoms with van der Waals surface area (Å²) >= 11 is 0. The Hall–Kier alpha value is -0.0400. The minimum absolute atomic E-state index is 0.884. The summed E-state index contributed by atoms with van der Waals surface area (Å²) in [6.07, 6.45) is 5.53. The lowest BCUT2D eigenvalue weighted by Gasteiger charge is -2.10. The first-order chi connectivity index (χ1) is 4.38. The Labute approximate surface area is 57.6 Å². The van der Waals surface area contributed by atoms with Gasteiger partial charge in [-0.05, 0) is 37.6 Å². The average Bonchev–Trinajstić information content (AvgIpc) is 2.64. The topological polar surface area (TPSA) is 26.0 Å². The van der Waals surface area contributed by atoms with Crippen LogP contribution in [0.2, 0.25) is 0 Å². The van der Waals surface area contributed by atoms with E-state index in [1.807, 2.05) is 0 Å². The molecule has 0 spiro atoms. The van der Waals surface area contributed by atoms with Crippen molar-refractivity contribution < 1.29 is 0 Å². The number of nitrogens with two attached hydrogens (primary N) is 1. The molecule has 1 unspecified atom stereocenters. The lowest BCUT2D eigenvalue weighted by molar-refractivity contribution is 0.421. The van der Waals surface area contributed by atoms with Crippen LogP contribution in [0.3, 0.4) is 0 Å². The Morgan fingerprint density at radius 3 is 2.56 bits per heavy atom. The lowest BCUT2D eigenvalue weighted by Crippen LogP contribution is -2.09. The Morgan fingerprint density at radius 1 is 1.56 bits per heavy atom. The van der Waals surface area contributed by atoms with Crippen molar-refractivity contribution in [1.82, 2.24) is 0 Å². The van der Waals surface area contributed by atoms with Crippen molar-refractivity contribution in [3.05, 3.63) is 0 Å². The molecule has 1 heteroatoms. The van der Waals surface area contributed by atoms with Crippen LogP contribution in [0.25, 0.3) is 0 Å². The lowest BCUT2D eigenvalue weighted by atomic mass is 9.97. The fourth-order valence-electron chi connectivity index (χ4n) is 1.55. The summed E-state index contributed by atoms with van der Waals surface area (Å²) in [6, 6.07) is 0. The van der Waals surface area contributed by atoms with Crippen molar-refractivity contribution in [2.24, 2.45) is 17.6 Å². The van der Waals surface area contributed by atoms with Gasteiger partial charge in [-0.15, -0.1) is 0 Å². The average molecular weight is 127 g/mol. The van der Waals surface area contributed by atoms with E-state index >= 15 is 0 Å². The largest absolute Gasteiger partial charge is 0.330 e. The van der Waals surface area contributed by atoms with Crippen molar-refractivity contribution in [3.8, 4) is 0 Å². The maximum Gasteiger partial charge on any atom is -0.00745 e. The standard InChI is InChI=1S/C8H17N/c1-2-7(5-6-9)8-3-4-8/h7-8H,2-6,9H2,1H3. The van der Waals surface area contributed by atoms with Crippen molar-refractivity contribution in [2.75, 3.05) is 6.54 Å². The summed E-state index contributed by atoms with van der Waals surface area (Å²) in [5.41, 5.74) is 5.47. The molecule has 1 rings (SSSR count). The zero-order chi connectivity index (χ0) is 6.69. The Bertz CT molecular complexity index is 76.6. The molecule has 1 nitrogen and oxygen atoms in total. The molecule has 0 aromatic rings. The zero-order valence-corrected chi connectivity index (χ0v) is 6.27. The molecular weight excluding hydrogens is 110 g/mol. The summed E-state index contributed by atoms with van der Waals surface area (Å²) in [5.74, 6) is 2.01. The van der Waals surface area contributed by atoms with Gasteiger partial charge in [0.2, 0.25) is 0 Å². The van der Waals surface area contributed by atoms with Crippen molar-refractivity contribution in [1.29, 1.82) is 0 Å². The Kier molecular flexibility index (Phi) is 2.52. The maximum absolute atomic E-state index is 5.47. The monoisotopic (exact) mass is 127 g/mol. The maximum atomic E-state index is 5.47. The third-order valence-corrected chi connectivity index (χ3v) is 2.35. The number of hydrogen-bond acceptors (Lipinski definition) is 1. The molecule has 1 aliphatic carbocycles. The minimum atomic E-state index is 0.884. The summed E-state index contributed by atoms with van der Waals surface area (Å²) in [4.78, 5) is 0. The third kappa shape index (κ3) is 1.98. The van der Waals surface area contributed by atoms with Crippen LogP contribution in [-0.4, -0.2) is 6.54 Å². The molecule has 0 aromatic carbocycles. The Morgan fingerprint density at radius 2 is 2.22 bits per heavy atom. The quantitative estimate of drug-likeness (QED) is 0.612. The van der Waals surface area contributed by atoms with Gasteiger partial charge in [-0.3, -0.25) is 0 Å². The van der Waals surface area contributed by atoms with E-state index in [9.17, 15) is 0 Å². The van der Waals surface area contributed by atoms with Crippen LogP contribution in [-0.2, 0) is 0 Å². The van der Waals surface area contributed by atoms with Gasteiger partial charge in [-0.25, -0.2) is 0 Å². The van der Waals surface area contributed by atoms with Crippen LogP contribution in [0.15, 0.2) is 0 Å². The molecule has 2 N–H and O–H groups in total. The van der Waals surface area contributed by atoms with Gasteiger partial charge in [0.1, 0.15) is 0 Å². The molecule has 0 amide bonds. The van der Waals surface area contributed by atoms with E-state index in [0.29, 0.717) is 0 Å². The van der Waals surface area contributed by atoms with E-state index in [0.717, 1.165) is 18.4 Å². The van der Waals surface area contributed by atoms with Crippen molar-refractivity contribution >= 4 is 0 Å². The molecule has 0 saturated heterocycles. The zero-order valence-electron chi connectivity index (χ0n) is 6.27. The molecule has 0 heterocycles. The summed E-state index contributed by atoms with van der Waals surface area (Å²) < 4.78 is 0. The molecule has 0 aliphatic heterocycles. The molecule has 0 radical (unpaired) electrons. The van der Waals surface area contributed by atoms with E-state index in [4.69, 9.17) is 5.73 Å². The molecule has 1 atom stereocenters. The van der Waals surface area contributed by atoms with Gasteiger partial charge >= 0.3 is 0 Å². The highest BCUT2D eigenvalue weighted by molar-refractivity contribution is 4.80. The highest BCUT2D eigenvalue weighted by Gasteiger charge is 2.28. The van der Waals surface area contributed by atoms with Crippen molar-refractivity contribution in [2.45, 2.75) is 32.6 Å².